The summed E-state index contributed by atoms with van der Waals surface area (Å²) >= 11 is 6.90. The molecule has 1 fully saturated rings. The lowest BCUT2D eigenvalue weighted by molar-refractivity contribution is 0.0651. The number of hydrogen-bond donors (Lipinski definition) is 2. The van der Waals surface area contributed by atoms with E-state index in [1.165, 1.54) is 18.2 Å². The van der Waals surface area contributed by atoms with E-state index in [0.717, 1.165) is 60.4 Å². The number of methoxy groups -OCH3 is 1. The summed E-state index contributed by atoms with van der Waals surface area (Å²) in [6.45, 7) is 4.54. The Balaban J connectivity index is 1.64. The molecule has 0 bridgehead atoms. The fourth-order valence-corrected chi connectivity index (χ4v) is 6.11. The lowest BCUT2D eigenvalue weighted by atomic mass is 9.76. The number of nitrogens with one attached hydrogen (secondary N) is 1. The van der Waals surface area contributed by atoms with Crippen molar-refractivity contribution in [3.05, 3.63) is 94.0 Å². The van der Waals surface area contributed by atoms with Crippen LogP contribution in [0.1, 0.15) is 65.6 Å². The monoisotopic (exact) mass is 561 g/mol. The highest BCUT2D eigenvalue weighted by Gasteiger charge is 2.32. The van der Waals surface area contributed by atoms with Crippen molar-refractivity contribution in [2.24, 2.45) is 11.7 Å². The van der Waals surface area contributed by atoms with Crippen molar-refractivity contribution in [3.63, 3.8) is 0 Å². The number of nitrogens with zero attached hydrogens (tertiary/aromatic N) is 1. The second kappa shape index (κ2) is 14.3. The molecular weight excluding hydrogens is 522 g/mol. The highest BCUT2D eigenvalue weighted by molar-refractivity contribution is 6.33. The molecule has 1 aliphatic heterocycles. The molecule has 1 saturated heterocycles. The van der Waals surface area contributed by atoms with Crippen LogP contribution in [0, 0.1) is 5.92 Å². The quantitative estimate of drug-likeness (QED) is 0.267. The number of nitrogens with two attached hydrogens (primary N) is 1. The Labute approximate surface area is 242 Å². The van der Waals surface area contributed by atoms with Crippen LogP contribution in [-0.2, 0) is 17.7 Å². The number of likely N-dealkylation sites (tertiary alicyclic amines) is 1. The summed E-state index contributed by atoms with van der Waals surface area (Å²) in [5, 5.41) is 3.54. The standard InChI is InChI=1S/C33H40ClN3O3/c1-3-23-8-4-9-26(20-23)31-29(11-5-13-30(31)34)28(12-6-18-36-33(39)40-2)27-10-7-19-37(22-27)32(38)25-16-14-24(21-35)15-17-25/h4-5,8-9,11,13-17,20,27-28H,3,6-7,10,12,18-19,21-22,35H2,1-2H3,(H,36,39). The second-order valence-electron chi connectivity index (χ2n) is 10.5. The van der Waals surface area contributed by atoms with Gasteiger partial charge in [-0.1, -0.05) is 67.1 Å². The predicted molar refractivity (Wildman–Crippen MR) is 162 cm³/mol. The second-order valence-corrected chi connectivity index (χ2v) is 10.9. The van der Waals surface area contributed by atoms with Gasteiger partial charge in [-0.2, -0.15) is 0 Å². The molecule has 7 heteroatoms. The fourth-order valence-electron chi connectivity index (χ4n) is 5.82. The molecule has 2 atom stereocenters. The van der Waals surface area contributed by atoms with Gasteiger partial charge in [0, 0.05) is 42.3 Å². The SMILES string of the molecule is CCc1cccc(-c2c(Cl)cccc2C(CCCNC(=O)OC)C2CCCN(C(=O)c3ccc(CN)cc3)C2)c1. The summed E-state index contributed by atoms with van der Waals surface area (Å²) in [5.74, 6) is 0.473. The maximum absolute atomic E-state index is 13.5. The minimum absolute atomic E-state index is 0.0568. The van der Waals surface area contributed by atoms with Crippen molar-refractivity contribution < 1.29 is 14.3 Å². The van der Waals surface area contributed by atoms with Gasteiger partial charge >= 0.3 is 6.09 Å². The molecule has 0 aromatic heterocycles. The molecule has 6 nitrogen and oxygen atoms in total. The van der Waals surface area contributed by atoms with E-state index in [2.05, 4.69) is 42.6 Å². The molecule has 0 spiro atoms. The number of alkyl carbamates (subject to hydrolysis) is 1. The number of rotatable bonds is 10. The van der Waals surface area contributed by atoms with E-state index in [1.807, 2.05) is 41.3 Å². The lowest BCUT2D eigenvalue weighted by Crippen LogP contribution is -2.42. The number of hydrogen-bond acceptors (Lipinski definition) is 4. The third-order valence-electron chi connectivity index (χ3n) is 7.97. The highest BCUT2D eigenvalue weighted by atomic mass is 35.5. The van der Waals surface area contributed by atoms with Crippen LogP contribution >= 0.6 is 11.6 Å². The Bertz CT molecular complexity index is 1290. The molecular formula is C33H40ClN3O3. The maximum Gasteiger partial charge on any atom is 0.406 e. The van der Waals surface area contributed by atoms with Crippen LogP contribution < -0.4 is 11.1 Å². The fraction of sp³-hybridized carbons (Fsp3) is 0.394. The normalized spacial score (nSPS) is 15.9. The van der Waals surface area contributed by atoms with E-state index < -0.39 is 6.09 Å². The smallest absolute Gasteiger partial charge is 0.406 e. The molecule has 2 amide bonds. The minimum Gasteiger partial charge on any atom is -0.453 e. The van der Waals surface area contributed by atoms with Gasteiger partial charge in [0.25, 0.3) is 5.91 Å². The van der Waals surface area contributed by atoms with Crippen molar-refractivity contribution in [2.75, 3.05) is 26.7 Å². The van der Waals surface area contributed by atoms with E-state index >= 15 is 0 Å². The number of benzene rings is 3. The van der Waals surface area contributed by atoms with Gasteiger partial charge in [0.1, 0.15) is 0 Å². The first-order valence-electron chi connectivity index (χ1n) is 14.2. The van der Waals surface area contributed by atoms with Gasteiger partial charge in [0.2, 0.25) is 0 Å². The summed E-state index contributed by atoms with van der Waals surface area (Å²) in [4.78, 5) is 27.2. The first-order valence-corrected chi connectivity index (χ1v) is 14.6. The van der Waals surface area contributed by atoms with Gasteiger partial charge in [-0.15, -0.1) is 0 Å². The topological polar surface area (TPSA) is 84.7 Å². The molecule has 4 rings (SSSR count). The Morgan fingerprint density at radius 3 is 2.60 bits per heavy atom. The number of amides is 2. The summed E-state index contributed by atoms with van der Waals surface area (Å²) < 4.78 is 4.75. The van der Waals surface area contributed by atoms with E-state index in [9.17, 15) is 9.59 Å². The molecule has 3 N–H and O–H groups in total. The Kier molecular flexibility index (Phi) is 10.6. The summed E-state index contributed by atoms with van der Waals surface area (Å²) in [6, 6.07) is 22.3. The number of aryl methyl sites for hydroxylation is 1. The number of ether oxygens (including phenoxy) is 1. The maximum atomic E-state index is 13.5. The van der Waals surface area contributed by atoms with E-state index in [1.54, 1.807) is 0 Å². The average Bonchev–Trinajstić information content (AvgIpc) is 3.00. The number of halogens is 1. The average molecular weight is 562 g/mol. The van der Waals surface area contributed by atoms with E-state index in [0.29, 0.717) is 25.2 Å². The highest BCUT2D eigenvalue weighted by Crippen LogP contribution is 2.43. The van der Waals surface area contributed by atoms with E-state index in [-0.39, 0.29) is 17.7 Å². The van der Waals surface area contributed by atoms with Crippen LogP contribution in [0.25, 0.3) is 11.1 Å². The zero-order chi connectivity index (χ0) is 28.5. The number of piperidine rings is 1. The third kappa shape index (κ3) is 7.23. The van der Waals surface area contributed by atoms with Crippen LogP contribution in [0.2, 0.25) is 5.02 Å². The Hall–Kier alpha value is -3.35. The van der Waals surface area contributed by atoms with Crippen LogP contribution in [0.5, 0.6) is 0 Å². The van der Waals surface area contributed by atoms with Gasteiger partial charge in [0.05, 0.1) is 7.11 Å². The molecule has 2 unspecified atom stereocenters. The predicted octanol–water partition coefficient (Wildman–Crippen LogP) is 6.80. The lowest BCUT2D eigenvalue weighted by Gasteiger charge is -2.38. The molecule has 0 aliphatic carbocycles. The summed E-state index contributed by atoms with van der Waals surface area (Å²) in [5.41, 5.74) is 12.1. The van der Waals surface area contributed by atoms with Gasteiger partial charge < -0.3 is 20.7 Å². The zero-order valence-corrected chi connectivity index (χ0v) is 24.3. The van der Waals surface area contributed by atoms with Gasteiger partial charge in [-0.25, -0.2) is 4.79 Å². The zero-order valence-electron chi connectivity index (χ0n) is 23.5. The van der Waals surface area contributed by atoms with E-state index in [4.69, 9.17) is 22.1 Å². The van der Waals surface area contributed by atoms with Crippen LogP contribution in [0.15, 0.2) is 66.7 Å². The molecule has 0 radical (unpaired) electrons. The van der Waals surface area contributed by atoms with Gasteiger partial charge in [0.15, 0.2) is 0 Å². The summed E-state index contributed by atoms with van der Waals surface area (Å²) in [7, 11) is 1.37. The molecule has 3 aromatic carbocycles. The Morgan fingerprint density at radius 1 is 1.10 bits per heavy atom. The molecule has 212 valence electrons. The summed E-state index contributed by atoms with van der Waals surface area (Å²) in [6.07, 6.45) is 4.12. The number of carbonyl (C=O) groups is 2. The Morgan fingerprint density at radius 2 is 1.88 bits per heavy atom. The van der Waals surface area contributed by atoms with Crippen molar-refractivity contribution in [2.45, 2.75) is 51.5 Å². The van der Waals surface area contributed by atoms with Crippen molar-refractivity contribution >= 4 is 23.6 Å². The third-order valence-corrected chi connectivity index (χ3v) is 8.28. The van der Waals surface area contributed by atoms with Crippen molar-refractivity contribution in [3.8, 4) is 11.1 Å². The largest absolute Gasteiger partial charge is 0.453 e. The molecule has 3 aromatic rings. The van der Waals surface area contributed by atoms with Gasteiger partial charge in [-0.3, -0.25) is 4.79 Å². The van der Waals surface area contributed by atoms with Crippen molar-refractivity contribution in [1.82, 2.24) is 10.2 Å². The number of carbonyl (C=O) groups excluding carboxylic acids is 2. The van der Waals surface area contributed by atoms with Crippen LogP contribution in [0.4, 0.5) is 4.79 Å². The molecule has 0 saturated carbocycles. The molecule has 40 heavy (non-hydrogen) atoms. The minimum atomic E-state index is -0.425. The molecule has 1 heterocycles. The first-order chi connectivity index (χ1) is 19.4. The molecule has 1 aliphatic rings. The first kappa shape index (κ1) is 29.6. The van der Waals surface area contributed by atoms with Crippen LogP contribution in [0.3, 0.4) is 0 Å². The van der Waals surface area contributed by atoms with Gasteiger partial charge in [-0.05, 0) is 84.4 Å². The van der Waals surface area contributed by atoms with Crippen LogP contribution in [-0.4, -0.2) is 43.6 Å². The van der Waals surface area contributed by atoms with Crippen molar-refractivity contribution in [1.29, 1.82) is 0 Å².